The molecule has 1 fully saturated rings. The van der Waals surface area contributed by atoms with Gasteiger partial charge in [-0.05, 0) is 30.4 Å². The Morgan fingerprint density at radius 1 is 1.35 bits per heavy atom. The minimum atomic E-state index is -0.700. The van der Waals surface area contributed by atoms with E-state index >= 15 is 0 Å². The third-order valence-corrected chi connectivity index (χ3v) is 6.47. The van der Waals surface area contributed by atoms with Crippen LogP contribution in [0.3, 0.4) is 0 Å². The molecule has 3 rings (SSSR count). The summed E-state index contributed by atoms with van der Waals surface area (Å²) in [4.78, 5) is 28.7. The van der Waals surface area contributed by atoms with Crippen LogP contribution in [0.5, 0.6) is 0 Å². The summed E-state index contributed by atoms with van der Waals surface area (Å²) in [6, 6.07) is 1.98. The van der Waals surface area contributed by atoms with E-state index in [1.807, 2.05) is 26.8 Å². The Morgan fingerprint density at radius 3 is 2.62 bits per heavy atom. The normalized spacial score (nSPS) is 34.8. The third-order valence-electron chi connectivity index (χ3n) is 6.47. The first-order valence-corrected chi connectivity index (χ1v) is 8.65. The minimum Gasteiger partial charge on any atom is -0.307 e. The van der Waals surface area contributed by atoms with Gasteiger partial charge in [-0.15, -0.1) is 12.3 Å². The Kier molecular flexibility index (Phi) is 3.82. The number of fused-ring (bicyclic) bond motifs is 3. The van der Waals surface area contributed by atoms with E-state index in [1.165, 1.54) is 6.08 Å². The first-order valence-electron chi connectivity index (χ1n) is 8.65. The van der Waals surface area contributed by atoms with Crippen LogP contribution in [-0.2, 0) is 9.59 Å². The molecule has 0 unspecified atom stereocenters. The molecule has 0 radical (unpaired) electrons. The molecule has 26 heavy (non-hydrogen) atoms. The largest absolute Gasteiger partial charge is 0.307 e. The molecule has 3 atom stereocenters. The quantitative estimate of drug-likeness (QED) is 0.537. The average Bonchev–Trinajstić information content (AvgIpc) is 2.59. The molecule has 4 heteroatoms. The van der Waals surface area contributed by atoms with E-state index in [-0.39, 0.29) is 28.8 Å². The molecule has 0 aromatic heterocycles. The number of nitrogens with zero attached hydrogens (tertiary/aromatic N) is 2. The van der Waals surface area contributed by atoms with Gasteiger partial charge in [-0.25, -0.2) is 4.85 Å². The predicted molar refractivity (Wildman–Crippen MR) is 97.0 cm³/mol. The zero-order valence-electron chi connectivity index (χ0n) is 15.2. The molecule has 0 heterocycles. The number of Topliss-reactive ketones (excluding diaryl/α,β-unsaturated/α-hetero) is 1. The Balaban J connectivity index is 2.30. The first kappa shape index (κ1) is 17.9. The van der Waals surface area contributed by atoms with Gasteiger partial charge in [0.05, 0.1) is 12.1 Å². The highest BCUT2D eigenvalue weighted by atomic mass is 16.1. The number of rotatable bonds is 1. The summed E-state index contributed by atoms with van der Waals surface area (Å²) in [5.74, 6) is 2.20. The Labute approximate surface area is 154 Å². The molecule has 0 saturated heterocycles. The highest BCUT2D eigenvalue weighted by Gasteiger charge is 2.59. The second-order valence-corrected chi connectivity index (χ2v) is 8.20. The summed E-state index contributed by atoms with van der Waals surface area (Å²) in [5.41, 5.74) is -0.821. The number of hydrogen-bond acceptors (Lipinski definition) is 3. The predicted octanol–water partition coefficient (Wildman–Crippen LogP) is 3.78. The number of carbonyl (C=O) groups excluding carboxylic acids is 2. The van der Waals surface area contributed by atoms with Crippen molar-refractivity contribution < 1.29 is 9.59 Å². The molecule has 0 N–H and O–H groups in total. The van der Waals surface area contributed by atoms with Gasteiger partial charge in [-0.1, -0.05) is 32.9 Å². The SMILES string of the molecule is [C-]#[N+]C1=C[C@]2(C)C3=CC(=O)C(C#N)=C[C@]3(CC#C)CC[C@H]2C(C)(C)C1=O. The second-order valence-electron chi connectivity index (χ2n) is 8.20. The van der Waals surface area contributed by atoms with E-state index in [0.717, 1.165) is 12.0 Å². The Bertz CT molecular complexity index is 942. The van der Waals surface area contributed by atoms with E-state index in [4.69, 9.17) is 13.0 Å². The zero-order chi connectivity index (χ0) is 19.3. The van der Waals surface area contributed by atoms with Crippen LogP contribution < -0.4 is 0 Å². The van der Waals surface area contributed by atoms with E-state index < -0.39 is 16.2 Å². The summed E-state index contributed by atoms with van der Waals surface area (Å²) in [5, 5.41) is 9.31. The van der Waals surface area contributed by atoms with Crippen molar-refractivity contribution in [3.05, 3.63) is 46.5 Å². The molecule has 0 bridgehead atoms. The van der Waals surface area contributed by atoms with Crippen molar-refractivity contribution in [2.45, 2.75) is 40.0 Å². The van der Waals surface area contributed by atoms with Gasteiger partial charge in [0.15, 0.2) is 11.6 Å². The summed E-state index contributed by atoms with van der Waals surface area (Å²) in [7, 11) is 0. The maximum Gasteiger partial charge on any atom is 0.226 e. The zero-order valence-corrected chi connectivity index (χ0v) is 15.2. The summed E-state index contributed by atoms with van der Waals surface area (Å²) in [6.45, 7) is 13.2. The van der Waals surface area contributed by atoms with Crippen LogP contribution in [0, 0.1) is 52.4 Å². The molecule has 3 aliphatic rings. The van der Waals surface area contributed by atoms with Crippen LogP contribution in [0.1, 0.15) is 40.0 Å². The molecule has 4 nitrogen and oxygen atoms in total. The van der Waals surface area contributed by atoms with Crippen LogP contribution in [0.15, 0.2) is 35.1 Å². The fourth-order valence-electron chi connectivity index (χ4n) is 5.28. The molecule has 0 aliphatic heterocycles. The lowest BCUT2D eigenvalue weighted by Crippen LogP contribution is -2.53. The van der Waals surface area contributed by atoms with Gasteiger partial charge in [0, 0.05) is 22.7 Å². The van der Waals surface area contributed by atoms with Gasteiger partial charge in [0.1, 0.15) is 6.07 Å². The molecular formula is C22H20N2O2. The standard InChI is InChI=1S/C22H20N2O2/c1-6-8-22-9-7-17-20(2,3)19(26)15(24-5)12-21(17,4)18(22)10-16(25)14(11-22)13-23/h1,10-12,17H,7-9H2,2-4H3/t17-,21-,22-/m0/s1. The number of hydrogen-bond donors (Lipinski definition) is 0. The lowest BCUT2D eigenvalue weighted by atomic mass is 9.45. The lowest BCUT2D eigenvalue weighted by Gasteiger charge is -2.57. The fraction of sp³-hybridized carbons (Fsp3) is 0.455. The molecule has 130 valence electrons. The van der Waals surface area contributed by atoms with Crippen molar-refractivity contribution in [2.75, 3.05) is 0 Å². The van der Waals surface area contributed by atoms with Crippen molar-refractivity contribution in [2.24, 2.45) is 22.2 Å². The number of allylic oxidation sites excluding steroid dienone is 6. The maximum absolute atomic E-state index is 12.7. The maximum atomic E-state index is 12.7. The molecule has 0 aromatic rings. The number of nitriles is 1. The van der Waals surface area contributed by atoms with Gasteiger partial charge < -0.3 is 4.79 Å². The van der Waals surface area contributed by atoms with Crippen molar-refractivity contribution in [3.8, 4) is 18.4 Å². The Hall–Kier alpha value is -2.90. The van der Waals surface area contributed by atoms with Gasteiger partial charge in [0.25, 0.3) is 0 Å². The van der Waals surface area contributed by atoms with E-state index in [1.54, 1.807) is 12.2 Å². The number of carbonyl (C=O) groups is 2. The van der Waals surface area contributed by atoms with Gasteiger partial charge >= 0.3 is 0 Å². The van der Waals surface area contributed by atoms with Crippen LogP contribution in [0.25, 0.3) is 4.85 Å². The number of terminal acetylenes is 1. The lowest BCUT2D eigenvalue weighted by molar-refractivity contribution is -0.130. The molecular weight excluding hydrogens is 324 g/mol. The van der Waals surface area contributed by atoms with Gasteiger partial charge in [-0.3, -0.25) is 4.79 Å². The van der Waals surface area contributed by atoms with Crippen LogP contribution in [0.4, 0.5) is 0 Å². The Morgan fingerprint density at radius 2 is 2.04 bits per heavy atom. The van der Waals surface area contributed by atoms with Gasteiger partial charge in [0.2, 0.25) is 5.70 Å². The summed E-state index contributed by atoms with van der Waals surface area (Å²) in [6.07, 6.45) is 12.4. The van der Waals surface area contributed by atoms with Crippen LogP contribution in [-0.4, -0.2) is 11.6 Å². The summed E-state index contributed by atoms with van der Waals surface area (Å²) < 4.78 is 0. The van der Waals surface area contributed by atoms with Crippen LogP contribution >= 0.6 is 0 Å². The molecule has 0 amide bonds. The molecule has 3 aliphatic carbocycles. The van der Waals surface area contributed by atoms with Crippen molar-refractivity contribution in [1.29, 1.82) is 5.26 Å². The van der Waals surface area contributed by atoms with E-state index in [9.17, 15) is 14.9 Å². The van der Waals surface area contributed by atoms with E-state index in [2.05, 4.69) is 10.8 Å². The molecule has 0 aromatic carbocycles. The highest BCUT2D eigenvalue weighted by molar-refractivity contribution is 6.09. The van der Waals surface area contributed by atoms with Crippen molar-refractivity contribution in [3.63, 3.8) is 0 Å². The monoisotopic (exact) mass is 344 g/mol. The van der Waals surface area contributed by atoms with Crippen molar-refractivity contribution >= 4 is 11.6 Å². The highest BCUT2D eigenvalue weighted by Crippen LogP contribution is 2.64. The minimum absolute atomic E-state index is 0.0324. The smallest absolute Gasteiger partial charge is 0.226 e. The average molecular weight is 344 g/mol. The first-order chi connectivity index (χ1) is 12.2. The van der Waals surface area contributed by atoms with Crippen LogP contribution in [0.2, 0.25) is 0 Å². The summed E-state index contributed by atoms with van der Waals surface area (Å²) >= 11 is 0. The van der Waals surface area contributed by atoms with Gasteiger partial charge in [-0.2, -0.15) is 5.26 Å². The topological polar surface area (TPSA) is 62.3 Å². The molecule has 1 saturated carbocycles. The second kappa shape index (κ2) is 5.55. The fourth-order valence-corrected chi connectivity index (χ4v) is 5.28. The number of ketones is 2. The van der Waals surface area contributed by atoms with E-state index in [0.29, 0.717) is 12.8 Å². The molecule has 0 spiro atoms. The van der Waals surface area contributed by atoms with Crippen molar-refractivity contribution in [1.82, 2.24) is 0 Å². The third kappa shape index (κ3) is 2.14.